The van der Waals surface area contributed by atoms with Gasteiger partial charge in [-0.05, 0) is 29.2 Å². The van der Waals surface area contributed by atoms with Gasteiger partial charge in [-0.25, -0.2) is 9.48 Å². The Kier molecular flexibility index (Phi) is 4.97. The number of fused-ring (bicyclic) bond motifs is 1. The van der Waals surface area contributed by atoms with Crippen molar-refractivity contribution >= 4 is 28.6 Å². The molecule has 1 saturated heterocycles. The molecule has 0 aliphatic carbocycles. The van der Waals surface area contributed by atoms with E-state index in [0.29, 0.717) is 31.7 Å². The lowest BCUT2D eigenvalue weighted by atomic mass is 9.99. The minimum absolute atomic E-state index is 0.235. The van der Waals surface area contributed by atoms with Gasteiger partial charge in [-0.2, -0.15) is 5.10 Å². The van der Waals surface area contributed by atoms with Crippen molar-refractivity contribution in [3.8, 4) is 0 Å². The number of carbonyl (C=O) groups is 2. The van der Waals surface area contributed by atoms with E-state index in [4.69, 9.17) is 0 Å². The van der Waals surface area contributed by atoms with Crippen LogP contribution < -0.4 is 5.32 Å². The highest BCUT2D eigenvalue weighted by molar-refractivity contribution is 5.89. The van der Waals surface area contributed by atoms with Gasteiger partial charge in [-0.1, -0.05) is 42.5 Å². The highest BCUT2D eigenvalue weighted by Gasteiger charge is 2.28. The monoisotopic (exact) mass is 378 g/mol. The molecule has 0 saturated carbocycles. The summed E-state index contributed by atoms with van der Waals surface area (Å²) in [5.74, 6) is -0.756. The van der Waals surface area contributed by atoms with E-state index in [0.717, 1.165) is 16.3 Å². The topological polar surface area (TPSA) is 87.5 Å². The molecule has 2 aromatic carbocycles. The van der Waals surface area contributed by atoms with Crippen LogP contribution in [-0.2, 0) is 11.3 Å². The minimum atomic E-state index is -0.849. The number of amides is 2. The number of aromatic nitrogens is 2. The molecule has 7 heteroatoms. The molecule has 3 aromatic rings. The van der Waals surface area contributed by atoms with Gasteiger partial charge in [0.05, 0.1) is 18.7 Å². The van der Waals surface area contributed by atoms with Gasteiger partial charge in [0.1, 0.15) is 5.82 Å². The normalized spacial score (nSPS) is 16.9. The Hall–Kier alpha value is -3.35. The van der Waals surface area contributed by atoms with Crippen LogP contribution in [0.2, 0.25) is 0 Å². The Morgan fingerprint density at radius 3 is 2.82 bits per heavy atom. The van der Waals surface area contributed by atoms with E-state index in [2.05, 4.69) is 34.7 Å². The molecule has 28 heavy (non-hydrogen) atoms. The third-order valence-electron chi connectivity index (χ3n) is 5.21. The molecule has 4 rings (SSSR count). The number of carboxylic acid groups (broad SMARTS) is 1. The standard InChI is InChI=1S/C21H22N4O3/c26-20(27)17-8-4-12-24(13-17)21(28)23-19-10-11-22-25(19)14-16-7-3-6-15-5-1-2-9-18(15)16/h1-3,5-7,9-11,17H,4,8,12-14H2,(H,23,28)(H,26,27). The van der Waals surface area contributed by atoms with Crippen LogP contribution in [0.25, 0.3) is 10.8 Å². The highest BCUT2D eigenvalue weighted by atomic mass is 16.4. The second-order valence-electron chi connectivity index (χ2n) is 7.07. The van der Waals surface area contributed by atoms with Crippen LogP contribution >= 0.6 is 0 Å². The van der Waals surface area contributed by atoms with Gasteiger partial charge in [0.2, 0.25) is 0 Å². The average molecular weight is 378 g/mol. The SMILES string of the molecule is O=C(O)C1CCCN(C(=O)Nc2ccnn2Cc2cccc3ccccc23)C1. The third-order valence-corrected chi connectivity index (χ3v) is 5.21. The first-order valence-electron chi connectivity index (χ1n) is 9.39. The number of hydrogen-bond donors (Lipinski definition) is 2. The Balaban J connectivity index is 1.50. The maximum Gasteiger partial charge on any atom is 0.323 e. The molecule has 2 N–H and O–H groups in total. The molecule has 1 unspecified atom stereocenters. The summed E-state index contributed by atoms with van der Waals surface area (Å²) in [4.78, 5) is 25.4. The number of carboxylic acids is 1. The summed E-state index contributed by atoms with van der Waals surface area (Å²) in [6.45, 7) is 1.33. The number of urea groups is 1. The van der Waals surface area contributed by atoms with Gasteiger partial charge in [0.25, 0.3) is 0 Å². The van der Waals surface area contributed by atoms with E-state index in [-0.39, 0.29) is 12.6 Å². The number of rotatable bonds is 4. The number of nitrogens with zero attached hydrogens (tertiary/aromatic N) is 3. The molecular formula is C21H22N4O3. The molecule has 1 aliphatic heterocycles. The van der Waals surface area contributed by atoms with E-state index < -0.39 is 11.9 Å². The van der Waals surface area contributed by atoms with E-state index >= 15 is 0 Å². The number of benzene rings is 2. The quantitative estimate of drug-likeness (QED) is 0.728. The van der Waals surface area contributed by atoms with Gasteiger partial charge in [-0.15, -0.1) is 0 Å². The number of aliphatic carboxylic acids is 1. The van der Waals surface area contributed by atoms with Gasteiger partial charge in [0.15, 0.2) is 0 Å². The molecule has 2 heterocycles. The van der Waals surface area contributed by atoms with Crippen LogP contribution in [0.15, 0.2) is 54.7 Å². The number of likely N-dealkylation sites (tertiary alicyclic amines) is 1. The second-order valence-corrected chi connectivity index (χ2v) is 7.07. The Bertz CT molecular complexity index is 1010. The lowest BCUT2D eigenvalue weighted by Gasteiger charge is -2.30. The molecule has 7 nitrogen and oxygen atoms in total. The third kappa shape index (κ3) is 3.69. The van der Waals surface area contributed by atoms with E-state index in [1.54, 1.807) is 21.8 Å². The molecule has 0 radical (unpaired) electrons. The molecule has 1 atom stereocenters. The van der Waals surface area contributed by atoms with Gasteiger partial charge in [0, 0.05) is 19.2 Å². The molecule has 0 spiro atoms. The maximum absolute atomic E-state index is 12.6. The summed E-state index contributed by atoms with van der Waals surface area (Å²) < 4.78 is 1.75. The zero-order valence-corrected chi connectivity index (χ0v) is 15.4. The van der Waals surface area contributed by atoms with Crippen molar-refractivity contribution in [2.75, 3.05) is 18.4 Å². The number of carbonyl (C=O) groups excluding carboxylic acids is 1. The first kappa shape index (κ1) is 18.0. The molecule has 0 bridgehead atoms. The van der Waals surface area contributed by atoms with Crippen molar-refractivity contribution in [3.05, 3.63) is 60.3 Å². The average Bonchev–Trinajstić information content (AvgIpc) is 3.15. The number of piperidine rings is 1. The number of anilines is 1. The summed E-state index contributed by atoms with van der Waals surface area (Å²) in [5, 5.41) is 18.8. The lowest BCUT2D eigenvalue weighted by molar-refractivity contribution is -0.143. The fraction of sp³-hybridized carbons (Fsp3) is 0.286. The van der Waals surface area contributed by atoms with E-state index in [1.165, 1.54) is 0 Å². The van der Waals surface area contributed by atoms with Crippen LogP contribution in [0.1, 0.15) is 18.4 Å². The second kappa shape index (κ2) is 7.72. The van der Waals surface area contributed by atoms with Gasteiger partial charge >= 0.3 is 12.0 Å². The van der Waals surface area contributed by atoms with Crippen molar-refractivity contribution < 1.29 is 14.7 Å². The first-order valence-corrected chi connectivity index (χ1v) is 9.39. The van der Waals surface area contributed by atoms with Crippen LogP contribution in [0.3, 0.4) is 0 Å². The van der Waals surface area contributed by atoms with Crippen LogP contribution in [-0.4, -0.2) is 44.9 Å². The predicted octanol–water partition coefficient (Wildman–Crippen LogP) is 3.41. The predicted molar refractivity (Wildman–Crippen MR) is 106 cm³/mol. The Morgan fingerprint density at radius 1 is 1.14 bits per heavy atom. The van der Waals surface area contributed by atoms with E-state index in [1.807, 2.05) is 18.2 Å². The summed E-state index contributed by atoms with van der Waals surface area (Å²) in [5.41, 5.74) is 1.11. The van der Waals surface area contributed by atoms with Crippen LogP contribution in [0.4, 0.5) is 10.6 Å². The van der Waals surface area contributed by atoms with Crippen molar-refractivity contribution in [3.63, 3.8) is 0 Å². The van der Waals surface area contributed by atoms with Crippen LogP contribution in [0.5, 0.6) is 0 Å². The summed E-state index contributed by atoms with van der Waals surface area (Å²) in [6, 6.07) is 15.8. The lowest BCUT2D eigenvalue weighted by Crippen LogP contribution is -2.44. The summed E-state index contributed by atoms with van der Waals surface area (Å²) in [7, 11) is 0. The van der Waals surface area contributed by atoms with Crippen LogP contribution in [0, 0.1) is 5.92 Å². The van der Waals surface area contributed by atoms with Gasteiger partial charge in [-0.3, -0.25) is 10.1 Å². The fourth-order valence-corrected chi connectivity index (χ4v) is 3.71. The Morgan fingerprint density at radius 2 is 1.96 bits per heavy atom. The molecule has 1 aromatic heterocycles. The van der Waals surface area contributed by atoms with Crippen molar-refractivity contribution in [2.24, 2.45) is 5.92 Å². The largest absolute Gasteiger partial charge is 0.481 e. The maximum atomic E-state index is 12.6. The molecule has 1 fully saturated rings. The minimum Gasteiger partial charge on any atom is -0.481 e. The Labute approximate surface area is 162 Å². The fourth-order valence-electron chi connectivity index (χ4n) is 3.71. The summed E-state index contributed by atoms with van der Waals surface area (Å²) >= 11 is 0. The van der Waals surface area contributed by atoms with Crippen molar-refractivity contribution in [2.45, 2.75) is 19.4 Å². The number of nitrogens with one attached hydrogen (secondary N) is 1. The first-order chi connectivity index (χ1) is 13.6. The molecular weight excluding hydrogens is 356 g/mol. The van der Waals surface area contributed by atoms with E-state index in [9.17, 15) is 14.7 Å². The highest BCUT2D eigenvalue weighted by Crippen LogP contribution is 2.21. The van der Waals surface area contributed by atoms with Gasteiger partial charge < -0.3 is 10.0 Å². The number of hydrogen-bond acceptors (Lipinski definition) is 3. The smallest absolute Gasteiger partial charge is 0.323 e. The molecule has 2 amide bonds. The molecule has 1 aliphatic rings. The van der Waals surface area contributed by atoms with Crippen molar-refractivity contribution in [1.82, 2.24) is 14.7 Å². The zero-order valence-electron chi connectivity index (χ0n) is 15.4. The zero-order chi connectivity index (χ0) is 19.5. The van der Waals surface area contributed by atoms with Crippen molar-refractivity contribution in [1.29, 1.82) is 0 Å². The molecule has 144 valence electrons. The summed E-state index contributed by atoms with van der Waals surface area (Å²) in [6.07, 6.45) is 2.95.